The lowest BCUT2D eigenvalue weighted by Crippen LogP contribution is -2.13. The summed E-state index contributed by atoms with van der Waals surface area (Å²) in [4.78, 5) is 28.1. The molecular formula is C26H26N2O4. The van der Waals surface area contributed by atoms with Gasteiger partial charge in [-0.05, 0) is 35.8 Å². The Hall–Kier alpha value is -3.93. The number of amides is 1. The van der Waals surface area contributed by atoms with E-state index in [1.54, 1.807) is 48.7 Å². The van der Waals surface area contributed by atoms with Gasteiger partial charge in [0.2, 0.25) is 11.8 Å². The fraction of sp³-hybridized carbons (Fsp3) is 0.192. The zero-order valence-electron chi connectivity index (χ0n) is 18.6. The first-order chi connectivity index (χ1) is 15.2. The van der Waals surface area contributed by atoms with E-state index < -0.39 is 5.97 Å². The predicted molar refractivity (Wildman–Crippen MR) is 125 cm³/mol. The topological polar surface area (TPSA) is 77.5 Å². The van der Waals surface area contributed by atoms with Crippen molar-refractivity contribution in [1.82, 2.24) is 4.98 Å². The summed E-state index contributed by atoms with van der Waals surface area (Å²) in [5.41, 5.74) is 1.97. The molecule has 0 bridgehead atoms. The summed E-state index contributed by atoms with van der Waals surface area (Å²) in [6.07, 6.45) is 4.55. The molecule has 0 spiro atoms. The van der Waals surface area contributed by atoms with Crippen LogP contribution in [0.25, 0.3) is 6.08 Å². The molecule has 3 aromatic rings. The maximum Gasteiger partial charge on any atom is 0.308 e. The third-order valence-corrected chi connectivity index (χ3v) is 4.52. The Kier molecular flexibility index (Phi) is 7.05. The van der Waals surface area contributed by atoms with E-state index in [0.29, 0.717) is 28.6 Å². The molecule has 0 radical (unpaired) electrons. The number of ether oxygens (including phenoxy) is 2. The van der Waals surface area contributed by atoms with Crippen LogP contribution in [-0.4, -0.2) is 16.9 Å². The van der Waals surface area contributed by atoms with E-state index in [0.717, 1.165) is 5.56 Å². The van der Waals surface area contributed by atoms with E-state index in [9.17, 15) is 9.59 Å². The highest BCUT2D eigenvalue weighted by molar-refractivity contribution is 6.02. The number of nitrogens with zero attached hydrogens (tertiary/aromatic N) is 1. The van der Waals surface area contributed by atoms with Gasteiger partial charge in [0.05, 0.1) is 0 Å². The SMILES string of the molecule is CC(=O)Oc1ccccc1/C=C/C(=O)Nc1cccnc1Oc1ccccc1C(C)(C)C. The first kappa shape index (κ1) is 22.7. The summed E-state index contributed by atoms with van der Waals surface area (Å²) in [5.74, 6) is 0.562. The number of pyridine rings is 1. The quantitative estimate of drug-likeness (QED) is 0.306. The van der Waals surface area contributed by atoms with Gasteiger partial charge >= 0.3 is 5.97 Å². The molecule has 6 heteroatoms. The molecule has 1 N–H and O–H groups in total. The van der Waals surface area contributed by atoms with Gasteiger partial charge in [-0.1, -0.05) is 57.2 Å². The molecule has 32 heavy (non-hydrogen) atoms. The monoisotopic (exact) mass is 430 g/mol. The zero-order chi connectivity index (χ0) is 23.1. The van der Waals surface area contributed by atoms with Crippen molar-refractivity contribution in [2.75, 3.05) is 5.32 Å². The van der Waals surface area contributed by atoms with E-state index in [1.807, 2.05) is 24.3 Å². The Morgan fingerprint density at radius 2 is 1.62 bits per heavy atom. The average molecular weight is 431 g/mol. The standard InChI is InChI=1S/C26H26N2O4/c1-18(29)31-22-13-7-5-10-19(22)15-16-24(30)28-21-12-9-17-27-25(21)32-23-14-8-6-11-20(23)26(2,3)4/h5-17H,1-4H3,(H,28,30)/b16-15+. The molecule has 0 saturated carbocycles. The number of nitrogens with one attached hydrogen (secondary N) is 1. The van der Waals surface area contributed by atoms with Crippen LogP contribution in [0.15, 0.2) is 72.9 Å². The van der Waals surface area contributed by atoms with Crippen molar-refractivity contribution >= 4 is 23.6 Å². The van der Waals surface area contributed by atoms with Crippen LogP contribution in [0.1, 0.15) is 38.8 Å². The van der Waals surface area contributed by atoms with E-state index in [-0.39, 0.29) is 11.3 Å². The van der Waals surface area contributed by atoms with Crippen LogP contribution in [0, 0.1) is 0 Å². The van der Waals surface area contributed by atoms with Crippen LogP contribution in [0.4, 0.5) is 5.69 Å². The maximum absolute atomic E-state index is 12.6. The van der Waals surface area contributed by atoms with E-state index in [2.05, 4.69) is 31.1 Å². The average Bonchev–Trinajstić information content (AvgIpc) is 2.74. The van der Waals surface area contributed by atoms with Crippen LogP contribution >= 0.6 is 0 Å². The van der Waals surface area contributed by atoms with E-state index in [4.69, 9.17) is 9.47 Å². The van der Waals surface area contributed by atoms with Gasteiger partial charge in [0.15, 0.2) is 0 Å². The van der Waals surface area contributed by atoms with Crippen LogP contribution in [0.5, 0.6) is 17.4 Å². The number of rotatable bonds is 6. The first-order valence-electron chi connectivity index (χ1n) is 10.2. The largest absolute Gasteiger partial charge is 0.437 e. The fourth-order valence-electron chi connectivity index (χ4n) is 3.05. The Morgan fingerprint density at radius 1 is 0.938 bits per heavy atom. The van der Waals surface area contributed by atoms with Crippen molar-refractivity contribution in [3.05, 3.63) is 84.1 Å². The minimum Gasteiger partial charge on any atom is -0.437 e. The van der Waals surface area contributed by atoms with E-state index in [1.165, 1.54) is 13.0 Å². The molecule has 164 valence electrons. The van der Waals surface area contributed by atoms with Gasteiger partial charge in [-0.3, -0.25) is 9.59 Å². The minimum atomic E-state index is -0.428. The molecule has 0 atom stereocenters. The number of para-hydroxylation sites is 2. The Labute approximate surface area is 187 Å². The van der Waals surface area contributed by atoms with Crippen molar-refractivity contribution in [1.29, 1.82) is 0 Å². The van der Waals surface area contributed by atoms with Crippen molar-refractivity contribution < 1.29 is 19.1 Å². The van der Waals surface area contributed by atoms with Crippen LogP contribution in [-0.2, 0) is 15.0 Å². The summed E-state index contributed by atoms with van der Waals surface area (Å²) >= 11 is 0. The van der Waals surface area contributed by atoms with Gasteiger partial charge in [-0.15, -0.1) is 0 Å². The van der Waals surface area contributed by atoms with Gasteiger partial charge < -0.3 is 14.8 Å². The van der Waals surface area contributed by atoms with Crippen molar-refractivity contribution in [3.63, 3.8) is 0 Å². The summed E-state index contributed by atoms with van der Waals surface area (Å²) in [6.45, 7) is 7.65. The normalized spacial score (nSPS) is 11.2. The highest BCUT2D eigenvalue weighted by Gasteiger charge is 2.20. The number of hydrogen-bond donors (Lipinski definition) is 1. The van der Waals surface area contributed by atoms with E-state index >= 15 is 0 Å². The third kappa shape index (κ3) is 6.04. The molecule has 1 aromatic heterocycles. The Bertz CT molecular complexity index is 1150. The van der Waals surface area contributed by atoms with Gasteiger partial charge in [-0.2, -0.15) is 0 Å². The number of esters is 1. The molecule has 2 aromatic carbocycles. The predicted octanol–water partition coefficient (Wildman–Crippen LogP) is 5.75. The van der Waals surface area contributed by atoms with Gasteiger partial charge in [-0.25, -0.2) is 4.98 Å². The number of benzene rings is 2. The molecule has 0 saturated heterocycles. The van der Waals surface area contributed by atoms with Gasteiger partial charge in [0.25, 0.3) is 0 Å². The van der Waals surface area contributed by atoms with Crippen molar-refractivity contribution in [2.45, 2.75) is 33.1 Å². The second-order valence-electron chi connectivity index (χ2n) is 8.16. The first-order valence-corrected chi connectivity index (χ1v) is 10.2. The lowest BCUT2D eigenvalue weighted by Gasteiger charge is -2.22. The zero-order valence-corrected chi connectivity index (χ0v) is 18.6. The Morgan fingerprint density at radius 3 is 2.34 bits per heavy atom. The molecule has 1 heterocycles. The lowest BCUT2D eigenvalue weighted by molar-refractivity contribution is -0.131. The van der Waals surface area contributed by atoms with Crippen LogP contribution < -0.4 is 14.8 Å². The minimum absolute atomic E-state index is 0.118. The lowest BCUT2D eigenvalue weighted by atomic mass is 9.86. The highest BCUT2D eigenvalue weighted by Crippen LogP contribution is 2.35. The van der Waals surface area contributed by atoms with Crippen LogP contribution in [0.3, 0.4) is 0 Å². The number of carbonyl (C=O) groups excluding carboxylic acids is 2. The molecule has 0 unspecified atom stereocenters. The summed E-state index contributed by atoms with van der Waals surface area (Å²) in [5, 5.41) is 2.80. The maximum atomic E-state index is 12.6. The van der Waals surface area contributed by atoms with Crippen molar-refractivity contribution in [3.8, 4) is 17.4 Å². The molecule has 3 rings (SSSR count). The molecule has 0 aliphatic carbocycles. The second kappa shape index (κ2) is 9.92. The molecule has 0 fully saturated rings. The van der Waals surface area contributed by atoms with Crippen LogP contribution in [0.2, 0.25) is 0 Å². The third-order valence-electron chi connectivity index (χ3n) is 4.52. The summed E-state index contributed by atoms with van der Waals surface area (Å²) in [6, 6.07) is 18.2. The summed E-state index contributed by atoms with van der Waals surface area (Å²) in [7, 11) is 0. The molecule has 0 aliphatic heterocycles. The molecular weight excluding hydrogens is 404 g/mol. The number of anilines is 1. The smallest absolute Gasteiger partial charge is 0.308 e. The molecule has 1 amide bonds. The Balaban J connectivity index is 1.79. The fourth-order valence-corrected chi connectivity index (χ4v) is 3.05. The molecule has 6 nitrogen and oxygen atoms in total. The highest BCUT2D eigenvalue weighted by atomic mass is 16.5. The van der Waals surface area contributed by atoms with Gasteiger partial charge in [0.1, 0.15) is 17.2 Å². The number of hydrogen-bond acceptors (Lipinski definition) is 5. The number of carbonyl (C=O) groups is 2. The summed E-state index contributed by atoms with van der Waals surface area (Å²) < 4.78 is 11.3. The number of aromatic nitrogens is 1. The second-order valence-corrected chi connectivity index (χ2v) is 8.16. The molecule has 0 aliphatic rings. The van der Waals surface area contributed by atoms with Crippen molar-refractivity contribution in [2.24, 2.45) is 0 Å². The van der Waals surface area contributed by atoms with Gasteiger partial charge in [0, 0.05) is 30.3 Å².